The zero-order valence-electron chi connectivity index (χ0n) is 12.9. The Morgan fingerprint density at radius 3 is 3.00 bits per heavy atom. The zero-order valence-corrected chi connectivity index (χ0v) is 13.7. The van der Waals surface area contributed by atoms with Gasteiger partial charge in [0.15, 0.2) is 5.13 Å². The Labute approximate surface area is 136 Å². The molecule has 0 N–H and O–H groups in total. The lowest BCUT2D eigenvalue weighted by atomic mass is 10.0. The maximum Gasteiger partial charge on any atom is 0.185 e. The van der Waals surface area contributed by atoms with E-state index in [1.807, 2.05) is 29.8 Å². The van der Waals surface area contributed by atoms with Gasteiger partial charge in [0.05, 0.1) is 6.54 Å². The van der Waals surface area contributed by atoms with Gasteiger partial charge in [-0.25, -0.2) is 4.98 Å². The first-order valence-electron chi connectivity index (χ1n) is 7.71. The number of benzene rings is 1. The normalized spacial score (nSPS) is 18.5. The first kappa shape index (κ1) is 15.1. The van der Waals surface area contributed by atoms with Gasteiger partial charge >= 0.3 is 0 Å². The van der Waals surface area contributed by atoms with Crippen LogP contribution in [0.2, 0.25) is 0 Å². The molecule has 0 saturated carbocycles. The first-order valence-corrected chi connectivity index (χ1v) is 8.59. The molecule has 0 radical (unpaired) electrons. The van der Waals surface area contributed by atoms with Crippen LogP contribution in [0.5, 0.6) is 0 Å². The minimum Gasteiger partial charge on any atom is -0.347 e. The van der Waals surface area contributed by atoms with Crippen molar-refractivity contribution in [3.63, 3.8) is 0 Å². The molecule has 1 unspecified atom stereocenters. The highest BCUT2D eigenvalue weighted by atomic mass is 32.1. The first-order chi connectivity index (χ1) is 10.8. The van der Waals surface area contributed by atoms with E-state index in [1.165, 1.54) is 12.8 Å². The summed E-state index contributed by atoms with van der Waals surface area (Å²) in [6.45, 7) is 3.06. The molecule has 22 heavy (non-hydrogen) atoms. The number of likely N-dealkylation sites (tertiary alicyclic amines) is 1. The van der Waals surface area contributed by atoms with E-state index >= 15 is 0 Å². The molecule has 114 valence electrons. The Balaban J connectivity index is 1.56. The molecule has 1 aromatic heterocycles. The average molecular weight is 311 g/mol. The summed E-state index contributed by atoms with van der Waals surface area (Å²) < 4.78 is 0. The fourth-order valence-corrected chi connectivity index (χ4v) is 3.49. The molecular weight excluding hydrogens is 290 g/mol. The van der Waals surface area contributed by atoms with Crippen LogP contribution in [-0.4, -0.2) is 42.6 Å². The van der Waals surface area contributed by atoms with E-state index in [2.05, 4.69) is 45.8 Å². The van der Waals surface area contributed by atoms with Gasteiger partial charge in [0.1, 0.15) is 0 Å². The van der Waals surface area contributed by atoms with Crippen molar-refractivity contribution in [3.05, 3.63) is 47.5 Å². The highest BCUT2D eigenvalue weighted by Crippen LogP contribution is 2.22. The number of hydrogen-bond acceptors (Lipinski definition) is 4. The molecule has 1 fully saturated rings. The van der Waals surface area contributed by atoms with E-state index in [0.29, 0.717) is 6.04 Å². The lowest BCUT2D eigenvalue weighted by molar-refractivity contribution is 0.229. The summed E-state index contributed by atoms with van der Waals surface area (Å²) in [5, 5.41) is 3.15. The van der Waals surface area contributed by atoms with Gasteiger partial charge < -0.3 is 4.90 Å². The van der Waals surface area contributed by atoms with Crippen LogP contribution in [0.15, 0.2) is 41.9 Å². The summed E-state index contributed by atoms with van der Waals surface area (Å²) in [4.78, 5) is 9.19. The van der Waals surface area contributed by atoms with Crippen LogP contribution in [0.25, 0.3) is 0 Å². The third kappa shape index (κ3) is 3.88. The van der Waals surface area contributed by atoms with Crippen LogP contribution < -0.4 is 4.90 Å². The van der Waals surface area contributed by atoms with Crippen LogP contribution in [0.3, 0.4) is 0 Å². The van der Waals surface area contributed by atoms with Gasteiger partial charge in [-0.2, -0.15) is 0 Å². The summed E-state index contributed by atoms with van der Waals surface area (Å²) in [5.74, 6) is 6.56. The van der Waals surface area contributed by atoms with Crippen molar-refractivity contribution in [1.29, 1.82) is 0 Å². The van der Waals surface area contributed by atoms with Crippen molar-refractivity contribution >= 4 is 16.5 Å². The van der Waals surface area contributed by atoms with E-state index in [0.717, 1.165) is 30.3 Å². The number of likely N-dealkylation sites (N-methyl/N-ethyl adjacent to an activating group) is 1. The number of thiazole rings is 1. The third-order valence-corrected chi connectivity index (χ3v) is 4.92. The molecule has 4 heteroatoms. The smallest absolute Gasteiger partial charge is 0.185 e. The van der Waals surface area contributed by atoms with Gasteiger partial charge in [-0.1, -0.05) is 30.0 Å². The maximum absolute atomic E-state index is 4.42. The highest BCUT2D eigenvalue weighted by molar-refractivity contribution is 7.13. The number of anilines is 1. The minimum atomic E-state index is 0.540. The van der Waals surface area contributed by atoms with Crippen molar-refractivity contribution in [3.8, 4) is 11.8 Å². The summed E-state index contributed by atoms with van der Waals surface area (Å²) in [7, 11) is 2.16. The van der Waals surface area contributed by atoms with Gasteiger partial charge in [-0.15, -0.1) is 11.3 Å². The molecule has 1 aliphatic heterocycles. The molecule has 2 heterocycles. The highest BCUT2D eigenvalue weighted by Gasteiger charge is 2.23. The maximum atomic E-state index is 4.42. The van der Waals surface area contributed by atoms with Gasteiger partial charge in [0, 0.05) is 36.8 Å². The Morgan fingerprint density at radius 1 is 1.36 bits per heavy atom. The number of aromatic nitrogens is 1. The Hall–Kier alpha value is -1.83. The monoisotopic (exact) mass is 311 g/mol. The molecule has 1 saturated heterocycles. The predicted octanol–water partition coefficient (Wildman–Crippen LogP) is 3.10. The van der Waals surface area contributed by atoms with Crippen LogP contribution in [0.4, 0.5) is 5.13 Å². The van der Waals surface area contributed by atoms with E-state index in [-0.39, 0.29) is 0 Å². The SMILES string of the molecule is CN(c1nccs1)C1CCCN(CC#Cc2ccccc2)C1. The zero-order chi connectivity index (χ0) is 15.2. The lowest BCUT2D eigenvalue weighted by Gasteiger charge is -2.36. The molecule has 3 rings (SSSR count). The van der Waals surface area contributed by atoms with Gasteiger partial charge in [0.25, 0.3) is 0 Å². The standard InChI is InChI=1S/C18H21N3S/c1-20(18-19-11-14-22-18)17-10-6-13-21(15-17)12-5-9-16-7-3-2-4-8-16/h2-4,7-8,11,14,17H,6,10,12-13,15H2,1H3. The lowest BCUT2D eigenvalue weighted by Crippen LogP contribution is -2.46. The Morgan fingerprint density at radius 2 is 2.23 bits per heavy atom. The molecular formula is C18H21N3S. The molecule has 3 nitrogen and oxygen atoms in total. The Bertz CT molecular complexity index is 627. The molecule has 1 aliphatic rings. The van der Waals surface area contributed by atoms with Crippen molar-refractivity contribution in [1.82, 2.24) is 9.88 Å². The van der Waals surface area contributed by atoms with Crippen LogP contribution in [0, 0.1) is 11.8 Å². The van der Waals surface area contributed by atoms with Crippen molar-refractivity contribution in [2.24, 2.45) is 0 Å². The number of hydrogen-bond donors (Lipinski definition) is 0. The summed E-state index contributed by atoms with van der Waals surface area (Å²) in [6, 6.07) is 10.7. The fourth-order valence-electron chi connectivity index (χ4n) is 2.81. The van der Waals surface area contributed by atoms with Crippen LogP contribution in [-0.2, 0) is 0 Å². The largest absolute Gasteiger partial charge is 0.347 e. The van der Waals surface area contributed by atoms with Gasteiger partial charge in [-0.05, 0) is 31.5 Å². The van der Waals surface area contributed by atoms with Crippen LogP contribution in [0.1, 0.15) is 18.4 Å². The van der Waals surface area contributed by atoms with E-state index in [1.54, 1.807) is 11.3 Å². The van der Waals surface area contributed by atoms with E-state index < -0.39 is 0 Å². The molecule has 0 aliphatic carbocycles. The second-order valence-corrected chi connectivity index (χ2v) is 6.50. The number of nitrogens with zero attached hydrogens (tertiary/aromatic N) is 3. The summed E-state index contributed by atoms with van der Waals surface area (Å²) in [5.41, 5.74) is 1.09. The van der Waals surface area contributed by atoms with E-state index in [9.17, 15) is 0 Å². The van der Waals surface area contributed by atoms with Crippen molar-refractivity contribution in [2.45, 2.75) is 18.9 Å². The van der Waals surface area contributed by atoms with Gasteiger partial charge in [-0.3, -0.25) is 4.90 Å². The topological polar surface area (TPSA) is 19.4 Å². The van der Waals surface area contributed by atoms with Crippen molar-refractivity contribution in [2.75, 3.05) is 31.6 Å². The third-order valence-electron chi connectivity index (χ3n) is 4.06. The van der Waals surface area contributed by atoms with Crippen molar-refractivity contribution < 1.29 is 0 Å². The quantitative estimate of drug-likeness (QED) is 0.812. The molecule has 0 bridgehead atoms. The van der Waals surface area contributed by atoms with Gasteiger partial charge in [0.2, 0.25) is 0 Å². The fraction of sp³-hybridized carbons (Fsp3) is 0.389. The number of rotatable bonds is 3. The Kier molecular flexibility index (Phi) is 5.10. The average Bonchev–Trinajstić information content (AvgIpc) is 3.10. The predicted molar refractivity (Wildman–Crippen MR) is 93.3 cm³/mol. The van der Waals surface area contributed by atoms with Crippen LogP contribution >= 0.6 is 11.3 Å². The second-order valence-electron chi connectivity index (χ2n) is 5.62. The minimum absolute atomic E-state index is 0.540. The van der Waals surface area contributed by atoms with E-state index in [4.69, 9.17) is 0 Å². The number of piperidine rings is 1. The molecule has 2 aromatic rings. The summed E-state index contributed by atoms with van der Waals surface area (Å²) >= 11 is 1.71. The molecule has 1 atom stereocenters. The summed E-state index contributed by atoms with van der Waals surface area (Å²) in [6.07, 6.45) is 4.34. The molecule has 0 spiro atoms. The molecule has 0 amide bonds. The second kappa shape index (κ2) is 7.44. The molecule has 1 aromatic carbocycles.